The summed E-state index contributed by atoms with van der Waals surface area (Å²) in [5, 5.41) is 64.6. The van der Waals surface area contributed by atoms with E-state index in [-0.39, 0.29) is 12.4 Å². The average Bonchev–Trinajstić information content (AvgIpc) is 3.46. The van der Waals surface area contributed by atoms with Crippen LogP contribution in [0.3, 0.4) is 0 Å². The number of hydrogen-bond acceptors (Lipinski definition) is 8. The Hall–Kier alpha value is -4.50. The van der Waals surface area contributed by atoms with E-state index in [1.165, 1.54) is 205 Å². The summed E-state index contributed by atoms with van der Waals surface area (Å²) in [4.78, 5) is 78.4. The van der Waals surface area contributed by atoms with Gasteiger partial charge in [0.2, 0.25) is 0 Å². The van der Waals surface area contributed by atoms with Crippen LogP contribution in [0, 0.1) is 5.92 Å². The van der Waals surface area contributed by atoms with Crippen LogP contribution >= 0.6 is 0 Å². The third-order valence-corrected chi connectivity index (χ3v) is 13.9. The van der Waals surface area contributed by atoms with Gasteiger partial charge in [-0.3, -0.25) is 38.4 Å². The van der Waals surface area contributed by atoms with Gasteiger partial charge in [0.05, 0.1) is 5.92 Å². The number of unbranched alkanes of at least 4 members (excludes halogenated alkanes) is 38. The molecule has 16 nitrogen and oxygen atoms in total. The molecule has 1 unspecified atom stereocenters. The molecule has 0 radical (unpaired) electrons. The Morgan fingerprint density at radius 2 is 0.460 bits per heavy atom. The second kappa shape index (κ2) is 95.2. The topological polar surface area (TPSA) is 298 Å². The average molecular weight is 1250 g/mol. The van der Waals surface area contributed by atoms with Gasteiger partial charge in [0.25, 0.3) is 12.4 Å². The van der Waals surface area contributed by atoms with Gasteiger partial charge >= 0.3 is 35.8 Å². The minimum Gasteiger partial charge on any atom is -0.483 e. The smallest absolute Gasteiger partial charge is 0.306 e. The molecule has 520 valence electrons. The molecule has 0 saturated heterocycles. The molecule has 0 aliphatic heterocycles. The molecule has 16 heteroatoms. The Balaban J connectivity index is -0.000000145. The van der Waals surface area contributed by atoms with E-state index in [2.05, 4.69) is 46.8 Å². The van der Waals surface area contributed by atoms with Crippen LogP contribution in [0.5, 0.6) is 0 Å². The molecule has 0 fully saturated rings. The van der Waals surface area contributed by atoms with Crippen LogP contribution < -0.4 is 0 Å². The molecule has 0 aromatic rings. The molecular formula is C71H140O16. The summed E-state index contributed by atoms with van der Waals surface area (Å²) in [6, 6.07) is 0. The van der Waals surface area contributed by atoms with E-state index in [4.69, 9.17) is 50.4 Å². The first-order valence-corrected chi connectivity index (χ1v) is 35.0. The summed E-state index contributed by atoms with van der Waals surface area (Å²) in [6.45, 7) is 15.7. The van der Waals surface area contributed by atoms with Gasteiger partial charge in [0.1, 0.15) is 0 Å². The fourth-order valence-corrected chi connectivity index (χ4v) is 8.57. The van der Waals surface area contributed by atoms with E-state index >= 15 is 0 Å². The molecule has 0 amide bonds. The van der Waals surface area contributed by atoms with Crippen molar-refractivity contribution in [3.63, 3.8) is 0 Å². The Labute approximate surface area is 532 Å². The zero-order valence-electron chi connectivity index (χ0n) is 57.4. The molecule has 1 atom stereocenters. The van der Waals surface area contributed by atoms with Crippen molar-refractivity contribution >= 4 is 48.3 Å². The summed E-state index contributed by atoms with van der Waals surface area (Å²) in [6.07, 6.45) is 63.3. The quantitative estimate of drug-likeness (QED) is 0.0159. The number of rotatable bonds is 54. The van der Waals surface area contributed by atoms with Gasteiger partial charge in [0, 0.05) is 39.0 Å². The molecule has 87 heavy (non-hydrogen) atoms. The van der Waals surface area contributed by atoms with Crippen molar-refractivity contribution in [3.05, 3.63) is 12.2 Å². The normalized spacial score (nSPS) is 10.3. The number of allylic oxidation sites excluding steroid dienone is 2. The lowest BCUT2D eigenvalue weighted by Gasteiger charge is -2.06. The molecule has 0 aromatic heterocycles. The predicted molar refractivity (Wildman–Crippen MR) is 360 cm³/mol. The molecule has 0 saturated carbocycles. The summed E-state index contributed by atoms with van der Waals surface area (Å²) < 4.78 is 0. The number of carboxylic acid groups (broad SMARTS) is 8. The third kappa shape index (κ3) is 141. The highest BCUT2D eigenvalue weighted by Gasteiger charge is 2.13. The first-order valence-electron chi connectivity index (χ1n) is 35.0. The molecule has 0 aromatic carbocycles. The van der Waals surface area contributed by atoms with Crippen LogP contribution in [0.25, 0.3) is 0 Å². The molecule has 0 heterocycles. The summed E-state index contributed by atoms with van der Waals surface area (Å²) >= 11 is 0. The monoisotopic (exact) mass is 1250 g/mol. The second-order valence-corrected chi connectivity index (χ2v) is 22.7. The summed E-state index contributed by atoms with van der Waals surface area (Å²) in [5.41, 5.74) is 0. The van der Waals surface area contributed by atoms with E-state index in [0.717, 1.165) is 103 Å². The van der Waals surface area contributed by atoms with Crippen molar-refractivity contribution < 1.29 is 79.2 Å². The highest BCUT2D eigenvalue weighted by Crippen LogP contribution is 2.16. The maximum Gasteiger partial charge on any atom is 0.306 e. The van der Waals surface area contributed by atoms with E-state index in [0.29, 0.717) is 32.1 Å². The van der Waals surface area contributed by atoms with Gasteiger partial charge in [0.15, 0.2) is 0 Å². The van der Waals surface area contributed by atoms with Crippen LogP contribution in [0.4, 0.5) is 0 Å². The van der Waals surface area contributed by atoms with Crippen molar-refractivity contribution in [3.8, 4) is 0 Å². The van der Waals surface area contributed by atoms with Crippen LogP contribution in [0.1, 0.15) is 389 Å². The molecular weight excluding hydrogens is 1110 g/mol. The zero-order chi connectivity index (χ0) is 67.5. The van der Waals surface area contributed by atoms with Crippen molar-refractivity contribution in [2.24, 2.45) is 5.92 Å². The lowest BCUT2D eigenvalue weighted by Crippen LogP contribution is -2.11. The van der Waals surface area contributed by atoms with Crippen LogP contribution in [0.15, 0.2) is 12.2 Å². The SMILES string of the molecule is CC(=O)O.CCCCC(=O)O.CCCCC(CC)C(=O)O.CCCCCCC(=O)O.CCCCCCCCC=CCCCCCCCC(=O)O.CCCCCCCCCCCC(=O)O.CCCCCCCCCCCCCCCCCC(=O)O.O=CO. The van der Waals surface area contributed by atoms with Crippen molar-refractivity contribution in [2.45, 2.75) is 389 Å². The lowest BCUT2D eigenvalue weighted by atomic mass is 10.00. The van der Waals surface area contributed by atoms with E-state index < -0.39 is 41.8 Å². The second-order valence-electron chi connectivity index (χ2n) is 22.7. The third-order valence-electron chi connectivity index (χ3n) is 13.9. The lowest BCUT2D eigenvalue weighted by molar-refractivity contribution is -0.142. The van der Waals surface area contributed by atoms with Gasteiger partial charge in [-0.15, -0.1) is 0 Å². The largest absolute Gasteiger partial charge is 0.483 e. The molecule has 0 rings (SSSR count). The maximum atomic E-state index is 10.4. The Morgan fingerprint density at radius 3 is 0.632 bits per heavy atom. The zero-order valence-corrected chi connectivity index (χ0v) is 57.4. The predicted octanol–water partition coefficient (Wildman–Crippen LogP) is 21.8. The summed E-state index contributed by atoms with van der Waals surface area (Å²) in [5.74, 6) is -4.93. The maximum absolute atomic E-state index is 10.4. The minimum atomic E-state index is -0.833. The minimum absolute atomic E-state index is 0.111. The van der Waals surface area contributed by atoms with E-state index in [1.807, 2.05) is 13.8 Å². The Morgan fingerprint density at radius 1 is 0.287 bits per heavy atom. The fraction of sp³-hybridized carbons (Fsp3) is 0.859. The molecule has 0 spiro atoms. The molecule has 0 aliphatic carbocycles. The Bertz CT molecular complexity index is 1430. The van der Waals surface area contributed by atoms with Gasteiger partial charge in [-0.2, -0.15) is 0 Å². The highest BCUT2D eigenvalue weighted by molar-refractivity contribution is 5.70. The van der Waals surface area contributed by atoms with E-state index in [1.54, 1.807) is 0 Å². The van der Waals surface area contributed by atoms with Crippen LogP contribution in [-0.2, 0) is 38.4 Å². The van der Waals surface area contributed by atoms with Gasteiger partial charge < -0.3 is 40.9 Å². The van der Waals surface area contributed by atoms with Gasteiger partial charge in [-0.25, -0.2) is 0 Å². The Kier molecular flexibility index (Phi) is 108. The van der Waals surface area contributed by atoms with Crippen LogP contribution in [-0.4, -0.2) is 89.1 Å². The van der Waals surface area contributed by atoms with Gasteiger partial charge in [-0.1, -0.05) is 292 Å². The number of carboxylic acids is 7. The fourth-order valence-electron chi connectivity index (χ4n) is 8.57. The van der Waals surface area contributed by atoms with Crippen molar-refractivity contribution in [1.29, 1.82) is 0 Å². The standard InChI is InChI=1S/C18H36O2.C18H34O2.C12H24O2.C8H16O2.C7H14O2.C5H10O2.C2H4O2.CH2O2/c2*1-2-3-4-5-6-7-8-9-10-11-12-13-14-15-16-17-18(19)20;1-2-3-4-5-6-7-8-9-10-11-12(13)14;1-3-5-6-7(4-2)8(9)10;1-2-3-4-5-6-7(8)9;1-2-3-4-5(6)7;1-2(3)4;2-1-3/h2-17H2,1H3,(H,19,20);9-10H,2-8,11-17H2,1H3,(H,19,20);2-11H2,1H3,(H,13,14);7H,3-6H2,1-2H3,(H,9,10);2-6H2,1H3,(H,8,9);2-4H2,1H3,(H,6,7);1H3,(H,3,4);1H,(H,2,3). The number of aliphatic carboxylic acids is 7. The van der Waals surface area contributed by atoms with Crippen molar-refractivity contribution in [2.75, 3.05) is 0 Å². The first-order chi connectivity index (χ1) is 41.7. The number of carbonyl (C=O) groups is 8. The summed E-state index contributed by atoms with van der Waals surface area (Å²) in [7, 11) is 0. The number of hydrogen-bond donors (Lipinski definition) is 8. The van der Waals surface area contributed by atoms with Crippen molar-refractivity contribution in [1.82, 2.24) is 0 Å². The molecule has 0 bridgehead atoms. The van der Waals surface area contributed by atoms with Crippen LogP contribution in [0.2, 0.25) is 0 Å². The highest BCUT2D eigenvalue weighted by atomic mass is 16.4. The molecule has 0 aliphatic rings. The van der Waals surface area contributed by atoms with E-state index in [9.17, 15) is 28.8 Å². The van der Waals surface area contributed by atoms with Gasteiger partial charge in [-0.05, 0) is 70.6 Å². The molecule has 8 N–H and O–H groups in total. The first kappa shape index (κ1) is 98.7.